The third-order valence-electron chi connectivity index (χ3n) is 37.1. The second-order valence-corrected chi connectivity index (χ2v) is 42.4. The van der Waals surface area contributed by atoms with E-state index in [0.29, 0.717) is 45.3 Å². The van der Waals surface area contributed by atoms with Gasteiger partial charge in [-0.3, -0.25) is 0 Å². The lowest BCUT2D eigenvalue weighted by atomic mass is 9.49. The van der Waals surface area contributed by atoms with Crippen molar-refractivity contribution < 1.29 is 38.5 Å². The van der Waals surface area contributed by atoms with E-state index in [9.17, 15) is 20.4 Å². The Morgan fingerprint density at radius 3 is 0.798 bits per heavy atom. The molecular formula is C92H140N4O8. The number of nitrogens with zero attached hydrogens (tertiary/aromatic N) is 4. The number of hydrogen-bond acceptors (Lipinski definition) is 12. The first-order chi connectivity index (χ1) is 49.8. The molecule has 16 aliphatic rings. The Kier molecular flexibility index (Phi) is 19.7. The molecule has 4 N–H and O–H groups in total. The van der Waals surface area contributed by atoms with Crippen LogP contribution >= 0.6 is 0 Å². The predicted octanol–water partition coefficient (Wildman–Crippen LogP) is 21.8. The lowest BCUT2D eigenvalue weighted by Crippen LogP contribution is -2.50. The summed E-state index contributed by atoms with van der Waals surface area (Å²) in [6.07, 6.45) is 51.4. The van der Waals surface area contributed by atoms with E-state index >= 15 is 0 Å². The van der Waals surface area contributed by atoms with Gasteiger partial charge in [-0.15, -0.1) is 0 Å². The third-order valence-corrected chi connectivity index (χ3v) is 37.1. The summed E-state index contributed by atoms with van der Waals surface area (Å²) in [6, 6.07) is 8.68. The SMILES string of the molecule is CCc1cc([C@H]2CC[C@H]3[C@@H]4CC[C@@H]5C[C@](C)(O)CC[C@@H]5[C@H]4CC[C@]23C)no1.CCc1cc([C@H]2CC[C@H]3[C@@H]4CC[C@H]5C[C@](C)(O)CC[C@@H]5[C@H]4CC[C@]23C)no1.C[C@@]1(O)CC[C@H]2[C@@H](CC[C@@H]3[C@@H]2CC[C@]2(C)[C@@H](c4ccon4)CC[C@@H]32)C1.C[C@@]1(O)CC[C@H]2[C@H](CC[C@@H]3[C@@H]2CC[C@]2(C)[C@@H](c4ccon4)CC[C@@H]32)C1. The van der Waals surface area contributed by atoms with E-state index in [1.165, 1.54) is 203 Å². The summed E-state index contributed by atoms with van der Waals surface area (Å²) in [7, 11) is 0. The summed E-state index contributed by atoms with van der Waals surface area (Å²) in [5.41, 5.74) is 4.93. The summed E-state index contributed by atoms with van der Waals surface area (Å²) >= 11 is 0. The van der Waals surface area contributed by atoms with Crippen LogP contribution in [0.4, 0.5) is 0 Å². The first kappa shape index (κ1) is 73.5. The Labute approximate surface area is 626 Å². The molecule has 0 saturated heterocycles. The molecule has 4 heterocycles. The molecule has 16 aliphatic carbocycles. The van der Waals surface area contributed by atoms with Crippen molar-refractivity contribution in [2.24, 2.45) is 140 Å². The summed E-state index contributed by atoms with van der Waals surface area (Å²) in [6.45, 7) is 22.8. The van der Waals surface area contributed by atoms with Crippen LogP contribution in [0.3, 0.4) is 0 Å². The van der Waals surface area contributed by atoms with Crippen LogP contribution in [-0.2, 0) is 12.8 Å². The molecule has 4 aromatic heterocycles. The minimum atomic E-state index is -0.403. The van der Waals surface area contributed by atoms with Crippen molar-refractivity contribution in [3.63, 3.8) is 0 Å². The van der Waals surface area contributed by atoms with Crippen LogP contribution in [0.5, 0.6) is 0 Å². The highest BCUT2D eigenvalue weighted by Gasteiger charge is 2.63. The molecular weight excluding hydrogens is 1290 g/mol. The average molecular weight is 1430 g/mol. The molecule has 0 aliphatic heterocycles. The van der Waals surface area contributed by atoms with E-state index in [4.69, 9.17) is 18.1 Å². The predicted molar refractivity (Wildman–Crippen MR) is 407 cm³/mol. The van der Waals surface area contributed by atoms with Gasteiger partial charge in [0.25, 0.3) is 0 Å². The maximum atomic E-state index is 10.6. The number of aliphatic hydroxyl groups is 4. The van der Waals surface area contributed by atoms with Crippen molar-refractivity contribution in [2.75, 3.05) is 0 Å². The van der Waals surface area contributed by atoms with Gasteiger partial charge in [0.1, 0.15) is 24.0 Å². The largest absolute Gasteiger partial charge is 0.390 e. The van der Waals surface area contributed by atoms with E-state index in [2.05, 4.69) is 114 Å². The van der Waals surface area contributed by atoms with Crippen molar-refractivity contribution >= 4 is 0 Å². The third kappa shape index (κ3) is 13.0. The second kappa shape index (κ2) is 27.9. The Hall–Kier alpha value is -3.32. The van der Waals surface area contributed by atoms with Gasteiger partial charge in [0.05, 0.1) is 45.2 Å². The number of fused-ring (bicyclic) bond motifs is 20. The highest BCUT2D eigenvalue weighted by molar-refractivity contribution is 5.24. The van der Waals surface area contributed by atoms with Crippen LogP contribution in [0.1, 0.15) is 358 Å². The van der Waals surface area contributed by atoms with Crippen LogP contribution in [0, 0.1) is 140 Å². The van der Waals surface area contributed by atoms with Gasteiger partial charge in [0.15, 0.2) is 0 Å². The Balaban J connectivity index is 0.000000103. The molecule has 0 bridgehead atoms. The maximum Gasteiger partial charge on any atom is 0.136 e. The van der Waals surface area contributed by atoms with Gasteiger partial charge in [-0.25, -0.2) is 0 Å². The quantitative estimate of drug-likeness (QED) is 0.143. The number of rotatable bonds is 6. The molecule has 12 nitrogen and oxygen atoms in total. The highest BCUT2D eigenvalue weighted by atomic mass is 16.5. The van der Waals surface area contributed by atoms with Crippen LogP contribution in [-0.4, -0.2) is 63.5 Å². The van der Waals surface area contributed by atoms with Crippen molar-refractivity contribution in [1.29, 1.82) is 0 Å². The first-order valence-electron chi connectivity index (χ1n) is 44.4. The average Bonchev–Trinajstić information content (AvgIpc) is 1.53. The number of aromatic nitrogens is 4. The molecule has 20 rings (SSSR count). The van der Waals surface area contributed by atoms with Gasteiger partial charge in [-0.1, -0.05) is 62.2 Å². The van der Waals surface area contributed by atoms with E-state index in [1.54, 1.807) is 12.5 Å². The topological polar surface area (TPSA) is 185 Å². The van der Waals surface area contributed by atoms with Crippen molar-refractivity contribution in [3.8, 4) is 0 Å². The monoisotopic (exact) mass is 1430 g/mol. The molecule has 104 heavy (non-hydrogen) atoms. The zero-order chi connectivity index (χ0) is 72.1. The first-order valence-corrected chi connectivity index (χ1v) is 44.4. The molecule has 0 amide bonds. The Bertz CT molecular complexity index is 3320. The molecule has 0 radical (unpaired) electrons. The van der Waals surface area contributed by atoms with E-state index in [0.717, 1.165) is 194 Å². The van der Waals surface area contributed by atoms with Crippen LogP contribution in [0.2, 0.25) is 0 Å². The summed E-state index contributed by atoms with van der Waals surface area (Å²) in [4.78, 5) is 0. The van der Waals surface area contributed by atoms with Crippen LogP contribution in [0.25, 0.3) is 0 Å². The van der Waals surface area contributed by atoms with Crippen LogP contribution in [0.15, 0.2) is 54.9 Å². The Morgan fingerprint density at radius 2 is 0.558 bits per heavy atom. The van der Waals surface area contributed by atoms with Gasteiger partial charge < -0.3 is 38.5 Å². The van der Waals surface area contributed by atoms with Gasteiger partial charge in [-0.2, -0.15) is 0 Å². The molecule has 0 unspecified atom stereocenters. The van der Waals surface area contributed by atoms with Crippen molar-refractivity contribution in [2.45, 2.75) is 359 Å². The minimum absolute atomic E-state index is 0.400. The summed E-state index contributed by atoms with van der Waals surface area (Å²) in [5, 5.41) is 59.8. The van der Waals surface area contributed by atoms with Crippen molar-refractivity contribution in [1.82, 2.24) is 20.6 Å². The fraction of sp³-hybridized carbons (Fsp3) is 0.870. The molecule has 576 valence electrons. The smallest absolute Gasteiger partial charge is 0.136 e. The zero-order valence-corrected chi connectivity index (χ0v) is 66.4. The van der Waals surface area contributed by atoms with Crippen molar-refractivity contribution in [3.05, 3.63) is 71.1 Å². The molecule has 4 aromatic rings. The fourth-order valence-electron chi connectivity index (χ4n) is 32.4. The lowest BCUT2D eigenvalue weighted by molar-refractivity contribution is -0.0961. The fourth-order valence-corrected chi connectivity index (χ4v) is 32.4. The number of aryl methyl sites for hydroxylation is 2. The van der Waals surface area contributed by atoms with Gasteiger partial charge in [0.2, 0.25) is 0 Å². The van der Waals surface area contributed by atoms with Gasteiger partial charge >= 0.3 is 0 Å². The maximum absolute atomic E-state index is 10.6. The van der Waals surface area contributed by atoms with Gasteiger partial charge in [0, 0.05) is 60.8 Å². The van der Waals surface area contributed by atoms with E-state index in [-0.39, 0.29) is 0 Å². The zero-order valence-electron chi connectivity index (χ0n) is 66.4. The second-order valence-electron chi connectivity index (χ2n) is 42.4. The normalized spacial score (nSPS) is 50.8. The molecule has 16 saturated carbocycles. The standard InChI is InChI=1S/2C24H37NO2.2C22H33NO2/c2*1-4-16-13-22(25-27-16)21-8-7-20-19-6-5-15-14-23(2,26)11-9-17(15)18(19)10-12-24(20,21)3;2*1-21(24)10-7-15-14(13-21)3-4-17-16(15)8-11-22(2)18(17)5-6-19(22)20-9-12-25-23-20/h2*13,15,17-21,26H,4-12,14H2,1-3H3;2*9,12,14-19,24H,3-8,10-11,13H2,1-2H3/t15-,17+,18-,19-,20+,21-,23-,24+;15-,17-,18+,19+,20-,21+,23+,24-;14-,15+,16-,17-,18+,19-,21-,22+;14-,15-,16+,17+,18-,19+,21+,22-/m1010/s1. The van der Waals surface area contributed by atoms with Crippen LogP contribution < -0.4 is 0 Å². The molecule has 0 spiro atoms. The Morgan fingerprint density at radius 1 is 0.298 bits per heavy atom. The molecule has 16 fully saturated rings. The summed E-state index contributed by atoms with van der Waals surface area (Å²) in [5.74, 6) is 21.9. The molecule has 12 heteroatoms. The molecule has 0 aromatic carbocycles. The van der Waals surface area contributed by atoms with Gasteiger partial charge in [-0.05, 0) is 399 Å². The van der Waals surface area contributed by atoms with E-state index < -0.39 is 22.4 Å². The van der Waals surface area contributed by atoms with E-state index in [1.807, 2.05) is 0 Å². The lowest BCUT2D eigenvalue weighted by Gasteiger charge is -2.56. The number of hydrogen-bond donors (Lipinski definition) is 4. The highest BCUT2D eigenvalue weighted by Crippen LogP contribution is 2.72. The minimum Gasteiger partial charge on any atom is -0.390 e. The molecule has 32 atom stereocenters. The summed E-state index contributed by atoms with van der Waals surface area (Å²) < 4.78 is 21.5.